The first-order chi connectivity index (χ1) is 11.3. The van der Waals surface area contributed by atoms with Crippen LogP contribution in [0.5, 0.6) is 0 Å². The predicted molar refractivity (Wildman–Crippen MR) is 103 cm³/mol. The van der Waals surface area contributed by atoms with E-state index < -0.39 is 6.10 Å². The van der Waals surface area contributed by atoms with E-state index >= 15 is 0 Å². The molecule has 0 aromatic heterocycles. The Kier molecular flexibility index (Phi) is 7.17. The smallest absolute Gasteiger partial charge is 0.0867 e. The fourth-order valence-electron chi connectivity index (χ4n) is 2.19. The molecule has 0 aliphatic rings. The minimum absolute atomic E-state index is 0.165. The molecule has 2 aromatic carbocycles. The topological polar surface area (TPSA) is 29.5 Å². The van der Waals surface area contributed by atoms with Crippen LogP contribution in [0.2, 0.25) is 5.02 Å². The van der Waals surface area contributed by atoms with Crippen molar-refractivity contribution in [3.63, 3.8) is 0 Å². The Morgan fingerprint density at radius 2 is 1.67 bits per heavy atom. The summed E-state index contributed by atoms with van der Waals surface area (Å²) in [6, 6.07) is 16.1. The zero-order valence-corrected chi connectivity index (χ0v) is 16.0. The lowest BCUT2D eigenvalue weighted by Gasteiger charge is -2.19. The molecule has 130 valence electrons. The lowest BCUT2D eigenvalue weighted by atomic mass is 9.87. The summed E-state index contributed by atoms with van der Waals surface area (Å²) >= 11 is 7.50. The minimum atomic E-state index is -0.482. The van der Waals surface area contributed by atoms with Crippen molar-refractivity contribution in [2.75, 3.05) is 12.4 Å². The summed E-state index contributed by atoms with van der Waals surface area (Å²) < 4.78 is 5.57. The van der Waals surface area contributed by atoms with Crippen molar-refractivity contribution in [3.05, 3.63) is 64.7 Å². The van der Waals surface area contributed by atoms with Gasteiger partial charge in [-0.3, -0.25) is 0 Å². The molecule has 0 heterocycles. The lowest BCUT2D eigenvalue weighted by molar-refractivity contribution is 0.0398. The number of rotatable bonds is 7. The molecule has 0 amide bonds. The van der Waals surface area contributed by atoms with Gasteiger partial charge in [-0.25, -0.2) is 0 Å². The molecule has 0 bridgehead atoms. The molecule has 4 heteroatoms. The summed E-state index contributed by atoms with van der Waals surface area (Å²) in [6.07, 6.45) is -0.482. The van der Waals surface area contributed by atoms with E-state index in [2.05, 4.69) is 45.0 Å². The van der Waals surface area contributed by atoms with E-state index in [4.69, 9.17) is 16.3 Å². The summed E-state index contributed by atoms with van der Waals surface area (Å²) in [5, 5.41) is 10.8. The summed E-state index contributed by atoms with van der Waals surface area (Å²) in [4.78, 5) is 1.17. The Bertz CT molecular complexity index is 618. The Balaban J connectivity index is 1.71. The molecule has 0 saturated carbocycles. The van der Waals surface area contributed by atoms with Crippen LogP contribution in [-0.4, -0.2) is 23.6 Å². The van der Waals surface area contributed by atoms with E-state index in [1.807, 2.05) is 24.3 Å². The van der Waals surface area contributed by atoms with Crippen molar-refractivity contribution < 1.29 is 9.84 Å². The molecule has 2 aromatic rings. The van der Waals surface area contributed by atoms with Crippen LogP contribution in [0, 0.1) is 0 Å². The molecule has 0 aliphatic carbocycles. The van der Waals surface area contributed by atoms with Gasteiger partial charge < -0.3 is 9.84 Å². The minimum Gasteiger partial charge on any atom is -0.390 e. The first kappa shape index (κ1) is 19.3. The number of aliphatic hydroxyl groups is 1. The molecular formula is C20H25ClO2S. The summed E-state index contributed by atoms with van der Waals surface area (Å²) in [7, 11) is 0. The number of aliphatic hydroxyl groups excluding tert-OH is 1. The molecule has 0 saturated heterocycles. The lowest BCUT2D eigenvalue weighted by Crippen LogP contribution is -2.17. The van der Waals surface area contributed by atoms with E-state index in [1.54, 1.807) is 11.8 Å². The summed E-state index contributed by atoms with van der Waals surface area (Å²) in [5.74, 6) is 0.621. The van der Waals surface area contributed by atoms with Gasteiger partial charge in [0.2, 0.25) is 0 Å². The Morgan fingerprint density at radius 1 is 1.04 bits per heavy atom. The van der Waals surface area contributed by atoms with Crippen LogP contribution in [0.15, 0.2) is 53.4 Å². The van der Waals surface area contributed by atoms with Gasteiger partial charge >= 0.3 is 0 Å². The SMILES string of the molecule is CC(C)(C)c1ccc(SCC(O)COCc2ccc(Cl)cc2)cc1. The molecule has 1 N–H and O–H groups in total. The van der Waals surface area contributed by atoms with Crippen molar-refractivity contribution in [1.29, 1.82) is 0 Å². The number of halogens is 1. The largest absolute Gasteiger partial charge is 0.390 e. The summed E-state index contributed by atoms with van der Waals surface area (Å²) in [6.45, 7) is 7.43. The molecule has 24 heavy (non-hydrogen) atoms. The second-order valence-corrected chi connectivity index (χ2v) is 8.41. The quantitative estimate of drug-likeness (QED) is 0.675. The standard InChI is InChI=1S/C20H25ClO2S/c1-20(2,3)16-6-10-19(11-7-16)24-14-18(22)13-23-12-15-4-8-17(21)9-5-15/h4-11,18,22H,12-14H2,1-3H3. The number of ether oxygens (including phenoxy) is 1. The van der Waals surface area contributed by atoms with E-state index in [1.165, 1.54) is 10.5 Å². The molecule has 2 rings (SSSR count). The van der Waals surface area contributed by atoms with Gasteiger partial charge in [0.05, 0.1) is 19.3 Å². The molecule has 0 aliphatic heterocycles. The van der Waals surface area contributed by atoms with E-state index in [-0.39, 0.29) is 5.41 Å². The van der Waals surface area contributed by atoms with E-state index in [9.17, 15) is 5.11 Å². The van der Waals surface area contributed by atoms with Gasteiger partial charge in [0.1, 0.15) is 0 Å². The van der Waals surface area contributed by atoms with Crippen molar-refractivity contribution in [2.45, 2.75) is 43.8 Å². The highest BCUT2D eigenvalue weighted by Crippen LogP contribution is 2.26. The highest BCUT2D eigenvalue weighted by molar-refractivity contribution is 7.99. The zero-order valence-electron chi connectivity index (χ0n) is 14.5. The van der Waals surface area contributed by atoms with Crippen LogP contribution in [0.4, 0.5) is 0 Å². The number of hydrogen-bond donors (Lipinski definition) is 1. The van der Waals surface area contributed by atoms with Gasteiger partial charge in [-0.1, -0.05) is 56.6 Å². The van der Waals surface area contributed by atoms with Gasteiger partial charge in [0.25, 0.3) is 0 Å². The van der Waals surface area contributed by atoms with Crippen LogP contribution in [-0.2, 0) is 16.8 Å². The van der Waals surface area contributed by atoms with Crippen LogP contribution >= 0.6 is 23.4 Å². The first-order valence-corrected chi connectivity index (χ1v) is 9.44. The van der Waals surface area contributed by atoms with Crippen LogP contribution in [0.1, 0.15) is 31.9 Å². The van der Waals surface area contributed by atoms with Crippen molar-refractivity contribution in [2.24, 2.45) is 0 Å². The highest BCUT2D eigenvalue weighted by atomic mass is 35.5. The fourth-order valence-corrected chi connectivity index (χ4v) is 3.12. The number of benzene rings is 2. The zero-order chi connectivity index (χ0) is 17.6. The predicted octanol–water partition coefficient (Wildman–Crippen LogP) is 5.31. The average Bonchev–Trinajstić information content (AvgIpc) is 2.54. The van der Waals surface area contributed by atoms with E-state index in [0.29, 0.717) is 24.0 Å². The Morgan fingerprint density at radius 3 is 2.25 bits per heavy atom. The molecule has 1 unspecified atom stereocenters. The van der Waals surface area contributed by atoms with Gasteiger partial charge in [-0.15, -0.1) is 11.8 Å². The maximum atomic E-state index is 10.0. The Labute approximate surface area is 154 Å². The number of hydrogen-bond acceptors (Lipinski definition) is 3. The van der Waals surface area contributed by atoms with E-state index in [0.717, 1.165) is 5.56 Å². The van der Waals surface area contributed by atoms with Gasteiger partial charge in [0.15, 0.2) is 0 Å². The second-order valence-electron chi connectivity index (χ2n) is 6.88. The molecular weight excluding hydrogens is 340 g/mol. The third-order valence-corrected chi connectivity index (χ3v) is 5.06. The second kappa shape index (κ2) is 8.91. The van der Waals surface area contributed by atoms with Crippen LogP contribution in [0.25, 0.3) is 0 Å². The molecule has 0 spiro atoms. The average molecular weight is 365 g/mol. The van der Waals surface area contributed by atoms with Gasteiger partial charge in [0, 0.05) is 15.7 Å². The number of thioether (sulfide) groups is 1. The van der Waals surface area contributed by atoms with Gasteiger partial charge in [-0.05, 0) is 40.8 Å². The third kappa shape index (κ3) is 6.48. The molecule has 2 nitrogen and oxygen atoms in total. The van der Waals surface area contributed by atoms with Crippen molar-refractivity contribution in [3.8, 4) is 0 Å². The Hall–Kier alpha value is -1.00. The van der Waals surface area contributed by atoms with Crippen molar-refractivity contribution in [1.82, 2.24) is 0 Å². The molecule has 0 fully saturated rings. The monoisotopic (exact) mass is 364 g/mol. The molecule has 0 radical (unpaired) electrons. The first-order valence-electron chi connectivity index (χ1n) is 8.08. The summed E-state index contributed by atoms with van der Waals surface area (Å²) in [5.41, 5.74) is 2.54. The maximum Gasteiger partial charge on any atom is 0.0867 e. The maximum absolute atomic E-state index is 10.0. The van der Waals surface area contributed by atoms with Crippen LogP contribution in [0.3, 0.4) is 0 Å². The molecule has 1 atom stereocenters. The van der Waals surface area contributed by atoms with Crippen molar-refractivity contribution >= 4 is 23.4 Å². The van der Waals surface area contributed by atoms with Crippen LogP contribution < -0.4 is 0 Å². The fraction of sp³-hybridized carbons (Fsp3) is 0.400. The third-order valence-electron chi connectivity index (χ3n) is 3.65. The normalized spacial score (nSPS) is 13.0. The highest BCUT2D eigenvalue weighted by Gasteiger charge is 2.13. The van der Waals surface area contributed by atoms with Gasteiger partial charge in [-0.2, -0.15) is 0 Å².